The highest BCUT2D eigenvalue weighted by molar-refractivity contribution is 6.09. The Bertz CT molecular complexity index is 414. The molecule has 1 atom stereocenters. The van der Waals surface area contributed by atoms with Gasteiger partial charge in [-0.25, -0.2) is 0 Å². The Hall–Kier alpha value is -1.40. The number of amides is 1. The van der Waals surface area contributed by atoms with Crippen molar-refractivity contribution in [1.82, 2.24) is 14.7 Å². The average Bonchev–Trinajstić information content (AvgIpc) is 2.47. The first-order valence-electron chi connectivity index (χ1n) is 7.16. The number of carbonyl (C=O) groups excluding carboxylic acids is 2. The SMILES string of the molecule is CC1C(=O)C=C(N2CCN(CCCO)CC2)N(C)C1=O. The summed E-state index contributed by atoms with van der Waals surface area (Å²) in [7, 11) is 1.73. The van der Waals surface area contributed by atoms with E-state index in [-0.39, 0.29) is 18.3 Å². The van der Waals surface area contributed by atoms with Gasteiger partial charge in [-0.05, 0) is 13.3 Å². The summed E-state index contributed by atoms with van der Waals surface area (Å²) in [6.07, 6.45) is 2.38. The molecule has 1 unspecified atom stereocenters. The van der Waals surface area contributed by atoms with Crippen molar-refractivity contribution in [2.75, 3.05) is 46.4 Å². The normalized spacial score (nSPS) is 25.1. The lowest BCUT2D eigenvalue weighted by molar-refractivity contribution is -0.139. The van der Waals surface area contributed by atoms with Gasteiger partial charge in [-0.3, -0.25) is 14.5 Å². The van der Waals surface area contributed by atoms with Crippen LogP contribution in [0, 0.1) is 5.92 Å². The van der Waals surface area contributed by atoms with Crippen molar-refractivity contribution in [3.63, 3.8) is 0 Å². The predicted octanol–water partition coefficient (Wildman–Crippen LogP) is -0.495. The topological polar surface area (TPSA) is 64.1 Å². The van der Waals surface area contributed by atoms with Crippen LogP contribution in [0.15, 0.2) is 11.9 Å². The Balaban J connectivity index is 1.98. The molecule has 2 heterocycles. The molecule has 6 nitrogen and oxygen atoms in total. The Morgan fingerprint density at radius 3 is 2.50 bits per heavy atom. The third-order valence-corrected chi connectivity index (χ3v) is 4.07. The number of piperazine rings is 1. The van der Waals surface area contributed by atoms with Gasteiger partial charge in [0.05, 0.1) is 5.92 Å². The van der Waals surface area contributed by atoms with Crippen LogP contribution in [-0.2, 0) is 9.59 Å². The van der Waals surface area contributed by atoms with Crippen LogP contribution in [0.25, 0.3) is 0 Å². The summed E-state index contributed by atoms with van der Waals surface area (Å²) < 4.78 is 0. The molecular formula is C14H23N3O3. The van der Waals surface area contributed by atoms with Crippen molar-refractivity contribution >= 4 is 11.7 Å². The van der Waals surface area contributed by atoms with E-state index < -0.39 is 5.92 Å². The van der Waals surface area contributed by atoms with Gasteiger partial charge in [0.1, 0.15) is 5.82 Å². The zero-order valence-corrected chi connectivity index (χ0v) is 12.2. The van der Waals surface area contributed by atoms with Crippen LogP contribution in [0.5, 0.6) is 0 Å². The van der Waals surface area contributed by atoms with E-state index in [4.69, 9.17) is 5.11 Å². The van der Waals surface area contributed by atoms with Gasteiger partial charge in [-0.2, -0.15) is 0 Å². The maximum atomic E-state index is 12.0. The molecule has 1 N–H and O–H groups in total. The van der Waals surface area contributed by atoms with Gasteiger partial charge in [0.25, 0.3) is 0 Å². The second-order valence-electron chi connectivity index (χ2n) is 5.43. The molecule has 0 aliphatic carbocycles. The number of hydrogen-bond donors (Lipinski definition) is 1. The third kappa shape index (κ3) is 3.02. The van der Waals surface area contributed by atoms with Crippen LogP contribution in [0.4, 0.5) is 0 Å². The maximum absolute atomic E-state index is 12.0. The molecule has 0 aromatic rings. The fraction of sp³-hybridized carbons (Fsp3) is 0.714. The largest absolute Gasteiger partial charge is 0.396 e. The number of allylic oxidation sites excluding steroid dienone is 1. The molecule has 2 aliphatic rings. The van der Waals surface area contributed by atoms with E-state index in [0.717, 1.165) is 45.0 Å². The van der Waals surface area contributed by atoms with Crippen LogP contribution in [-0.4, -0.2) is 77.9 Å². The molecule has 0 saturated carbocycles. The summed E-state index contributed by atoms with van der Waals surface area (Å²) in [6.45, 7) is 6.16. The summed E-state index contributed by atoms with van der Waals surface area (Å²) in [5.41, 5.74) is 0. The fourth-order valence-corrected chi connectivity index (χ4v) is 2.67. The lowest BCUT2D eigenvalue weighted by Crippen LogP contribution is -2.51. The molecule has 0 radical (unpaired) electrons. The Kier molecular flexibility index (Phi) is 4.77. The molecule has 0 bridgehead atoms. The minimum Gasteiger partial charge on any atom is -0.396 e. The number of ketones is 1. The van der Waals surface area contributed by atoms with Gasteiger partial charge in [0.2, 0.25) is 5.91 Å². The van der Waals surface area contributed by atoms with Crippen molar-refractivity contribution < 1.29 is 14.7 Å². The molecule has 1 saturated heterocycles. The van der Waals surface area contributed by atoms with Crippen LogP contribution >= 0.6 is 0 Å². The Labute approximate surface area is 119 Å². The minimum absolute atomic E-state index is 0.106. The number of nitrogens with zero attached hydrogens (tertiary/aromatic N) is 3. The van der Waals surface area contributed by atoms with E-state index >= 15 is 0 Å². The van der Waals surface area contributed by atoms with Crippen molar-refractivity contribution in [2.24, 2.45) is 5.92 Å². The van der Waals surface area contributed by atoms with E-state index in [2.05, 4.69) is 9.80 Å². The summed E-state index contributed by atoms with van der Waals surface area (Å²) in [5, 5.41) is 8.84. The number of carbonyl (C=O) groups is 2. The summed E-state index contributed by atoms with van der Waals surface area (Å²) in [5.74, 6) is -0.0736. The quantitative estimate of drug-likeness (QED) is 0.704. The molecule has 0 aromatic heterocycles. The first-order chi connectivity index (χ1) is 9.54. The standard InChI is InChI=1S/C14H23N3O3/c1-11-12(19)10-13(15(2)14(11)20)17-7-5-16(6-8-17)4-3-9-18/h10-11,18H,3-9H2,1-2H3. The third-order valence-electron chi connectivity index (χ3n) is 4.07. The average molecular weight is 281 g/mol. The van der Waals surface area contributed by atoms with Crippen molar-refractivity contribution in [1.29, 1.82) is 0 Å². The smallest absolute Gasteiger partial charge is 0.238 e. The van der Waals surface area contributed by atoms with Gasteiger partial charge in [0, 0.05) is 52.5 Å². The molecule has 112 valence electrons. The highest BCUT2D eigenvalue weighted by Crippen LogP contribution is 2.21. The first-order valence-corrected chi connectivity index (χ1v) is 7.16. The first kappa shape index (κ1) is 15.0. The molecular weight excluding hydrogens is 258 g/mol. The van der Waals surface area contributed by atoms with Crippen LogP contribution in [0.1, 0.15) is 13.3 Å². The van der Waals surface area contributed by atoms with Gasteiger partial charge in [-0.15, -0.1) is 0 Å². The van der Waals surface area contributed by atoms with Crippen LogP contribution < -0.4 is 0 Å². The van der Waals surface area contributed by atoms with E-state index in [1.165, 1.54) is 0 Å². The van der Waals surface area contributed by atoms with Crippen molar-refractivity contribution in [3.05, 3.63) is 11.9 Å². The second kappa shape index (κ2) is 6.37. The van der Waals surface area contributed by atoms with Crippen LogP contribution in [0.2, 0.25) is 0 Å². The van der Waals surface area contributed by atoms with Gasteiger partial charge < -0.3 is 14.9 Å². The monoisotopic (exact) mass is 281 g/mol. The summed E-state index contributed by atoms with van der Waals surface area (Å²) in [6, 6.07) is 0. The highest BCUT2D eigenvalue weighted by atomic mass is 16.3. The van der Waals surface area contributed by atoms with Gasteiger partial charge in [-0.1, -0.05) is 0 Å². The molecule has 2 aliphatic heterocycles. The predicted molar refractivity (Wildman–Crippen MR) is 74.7 cm³/mol. The summed E-state index contributed by atoms with van der Waals surface area (Å²) in [4.78, 5) is 29.8. The van der Waals surface area contributed by atoms with E-state index in [0.29, 0.717) is 0 Å². The highest BCUT2D eigenvalue weighted by Gasteiger charge is 2.33. The molecule has 1 amide bonds. The summed E-state index contributed by atoms with van der Waals surface area (Å²) >= 11 is 0. The van der Waals surface area contributed by atoms with Crippen LogP contribution in [0.3, 0.4) is 0 Å². The lowest BCUT2D eigenvalue weighted by Gasteiger charge is -2.41. The van der Waals surface area contributed by atoms with Crippen molar-refractivity contribution in [2.45, 2.75) is 13.3 Å². The van der Waals surface area contributed by atoms with E-state index in [9.17, 15) is 9.59 Å². The number of rotatable bonds is 4. The zero-order chi connectivity index (χ0) is 14.7. The number of aliphatic hydroxyl groups excluding tert-OH is 1. The van der Waals surface area contributed by atoms with E-state index in [1.807, 2.05) is 0 Å². The lowest BCUT2D eigenvalue weighted by atomic mass is 10.0. The molecule has 20 heavy (non-hydrogen) atoms. The minimum atomic E-state index is -0.561. The molecule has 6 heteroatoms. The van der Waals surface area contributed by atoms with E-state index in [1.54, 1.807) is 24.9 Å². The molecule has 0 spiro atoms. The van der Waals surface area contributed by atoms with Crippen molar-refractivity contribution in [3.8, 4) is 0 Å². The Morgan fingerprint density at radius 2 is 1.90 bits per heavy atom. The number of hydrogen-bond acceptors (Lipinski definition) is 5. The van der Waals surface area contributed by atoms with Gasteiger partial charge in [0.15, 0.2) is 5.78 Å². The zero-order valence-electron chi connectivity index (χ0n) is 12.2. The maximum Gasteiger partial charge on any atom is 0.238 e. The molecule has 0 aromatic carbocycles. The Morgan fingerprint density at radius 1 is 1.25 bits per heavy atom. The van der Waals surface area contributed by atoms with Gasteiger partial charge >= 0.3 is 0 Å². The molecule has 2 rings (SSSR count). The number of aliphatic hydroxyl groups is 1. The molecule has 1 fully saturated rings. The second-order valence-corrected chi connectivity index (χ2v) is 5.43. The fourth-order valence-electron chi connectivity index (χ4n) is 2.67.